The highest BCUT2D eigenvalue weighted by Gasteiger charge is 2.33. The van der Waals surface area contributed by atoms with Gasteiger partial charge >= 0.3 is 5.97 Å². The molecule has 1 unspecified atom stereocenters. The summed E-state index contributed by atoms with van der Waals surface area (Å²) in [7, 11) is 0. The largest absolute Gasteiger partial charge is 0.457 e. The molecule has 0 aliphatic carbocycles. The smallest absolute Gasteiger partial charge is 0.340 e. The van der Waals surface area contributed by atoms with Gasteiger partial charge < -0.3 is 14.6 Å². The van der Waals surface area contributed by atoms with E-state index in [0.29, 0.717) is 24.2 Å². The van der Waals surface area contributed by atoms with Crippen molar-refractivity contribution in [3.05, 3.63) is 11.3 Å². The first-order chi connectivity index (χ1) is 6.82. The molecule has 0 saturated carbocycles. The number of carbonyl (C=O) groups is 1. The van der Waals surface area contributed by atoms with Crippen molar-refractivity contribution < 1.29 is 19.4 Å². The molecular formula is C11H18O4. The minimum absolute atomic E-state index is 0.343. The lowest BCUT2D eigenvalue weighted by atomic mass is 10.1. The fraction of sp³-hybridized carbons (Fsp3) is 0.727. The molecule has 0 aromatic heterocycles. The number of hydrogen-bond acceptors (Lipinski definition) is 4. The molecule has 4 nitrogen and oxygen atoms in total. The summed E-state index contributed by atoms with van der Waals surface area (Å²) in [6.07, 6.45) is 0.595. The van der Waals surface area contributed by atoms with E-state index in [9.17, 15) is 4.79 Å². The number of cyclic esters (lactones) is 1. The van der Waals surface area contributed by atoms with Crippen molar-refractivity contribution >= 4 is 5.97 Å². The maximum atomic E-state index is 11.6. The first-order valence-electron chi connectivity index (χ1n) is 5.12. The Bertz CT molecular complexity index is 289. The molecule has 0 aromatic carbocycles. The molecule has 0 bridgehead atoms. The standard InChI is InChI=1S/C11H18O4/c1-7(12)5-6-9-8(2)14-11(3,4)15-10(9)13/h7,12H,5-6H2,1-4H3. The average Bonchev–Trinajstić information content (AvgIpc) is 1.98. The Labute approximate surface area is 89.9 Å². The Morgan fingerprint density at radius 1 is 1.40 bits per heavy atom. The van der Waals surface area contributed by atoms with Crippen LogP contribution in [0.5, 0.6) is 0 Å². The van der Waals surface area contributed by atoms with Crippen LogP contribution in [-0.4, -0.2) is 23.0 Å². The molecule has 86 valence electrons. The summed E-state index contributed by atoms with van der Waals surface area (Å²) < 4.78 is 10.5. The van der Waals surface area contributed by atoms with E-state index in [1.807, 2.05) is 0 Å². The third-order valence-electron chi connectivity index (χ3n) is 2.22. The fourth-order valence-corrected chi connectivity index (χ4v) is 1.51. The Hall–Kier alpha value is -1.03. The summed E-state index contributed by atoms with van der Waals surface area (Å²) in [6, 6.07) is 0. The summed E-state index contributed by atoms with van der Waals surface area (Å²) in [4.78, 5) is 11.6. The van der Waals surface area contributed by atoms with Crippen molar-refractivity contribution in [1.29, 1.82) is 0 Å². The Kier molecular flexibility index (Phi) is 3.39. The number of ether oxygens (including phenoxy) is 2. The zero-order valence-corrected chi connectivity index (χ0v) is 9.66. The monoisotopic (exact) mass is 214 g/mol. The van der Waals surface area contributed by atoms with E-state index in [1.165, 1.54) is 0 Å². The number of hydrogen-bond donors (Lipinski definition) is 1. The van der Waals surface area contributed by atoms with Gasteiger partial charge in [0.25, 0.3) is 0 Å². The van der Waals surface area contributed by atoms with Crippen LogP contribution < -0.4 is 0 Å². The predicted molar refractivity (Wildman–Crippen MR) is 54.9 cm³/mol. The van der Waals surface area contributed by atoms with Crippen LogP contribution in [0.25, 0.3) is 0 Å². The van der Waals surface area contributed by atoms with Crippen LogP contribution in [0.15, 0.2) is 11.3 Å². The van der Waals surface area contributed by atoms with Gasteiger partial charge in [-0.2, -0.15) is 0 Å². The van der Waals surface area contributed by atoms with Gasteiger partial charge in [0.15, 0.2) is 0 Å². The van der Waals surface area contributed by atoms with Crippen LogP contribution in [0, 0.1) is 0 Å². The number of allylic oxidation sites excluding steroid dienone is 1. The third kappa shape index (κ3) is 3.23. The molecule has 1 rings (SSSR count). The molecule has 0 amide bonds. The highest BCUT2D eigenvalue weighted by Crippen LogP contribution is 2.28. The molecule has 1 N–H and O–H groups in total. The first-order valence-corrected chi connectivity index (χ1v) is 5.12. The minimum atomic E-state index is -0.879. The highest BCUT2D eigenvalue weighted by molar-refractivity contribution is 5.89. The normalized spacial score (nSPS) is 22.1. The van der Waals surface area contributed by atoms with E-state index in [1.54, 1.807) is 27.7 Å². The molecule has 1 aliphatic heterocycles. The molecule has 0 radical (unpaired) electrons. The Balaban J connectivity index is 2.74. The minimum Gasteiger partial charge on any atom is -0.457 e. The van der Waals surface area contributed by atoms with Crippen LogP contribution in [-0.2, 0) is 14.3 Å². The van der Waals surface area contributed by atoms with Crippen LogP contribution >= 0.6 is 0 Å². The van der Waals surface area contributed by atoms with Crippen molar-refractivity contribution in [2.45, 2.75) is 52.4 Å². The number of aliphatic hydroxyl groups excluding tert-OH is 1. The van der Waals surface area contributed by atoms with Gasteiger partial charge in [0.1, 0.15) is 5.76 Å². The van der Waals surface area contributed by atoms with E-state index >= 15 is 0 Å². The quantitative estimate of drug-likeness (QED) is 0.727. The van der Waals surface area contributed by atoms with Gasteiger partial charge in [0, 0.05) is 13.8 Å². The molecule has 0 spiro atoms. The molecular weight excluding hydrogens is 196 g/mol. The van der Waals surface area contributed by atoms with Gasteiger partial charge in [-0.25, -0.2) is 4.79 Å². The van der Waals surface area contributed by atoms with Gasteiger partial charge in [-0.05, 0) is 26.7 Å². The summed E-state index contributed by atoms with van der Waals surface area (Å²) in [5, 5.41) is 9.14. The number of aliphatic hydroxyl groups is 1. The molecule has 4 heteroatoms. The zero-order chi connectivity index (χ0) is 11.6. The summed E-state index contributed by atoms with van der Waals surface area (Å²) in [5.74, 6) is -0.628. The van der Waals surface area contributed by atoms with Crippen molar-refractivity contribution in [3.63, 3.8) is 0 Å². The van der Waals surface area contributed by atoms with Crippen LogP contribution in [0.4, 0.5) is 0 Å². The van der Waals surface area contributed by atoms with Crippen LogP contribution in [0.2, 0.25) is 0 Å². The first kappa shape index (κ1) is 12.0. The topological polar surface area (TPSA) is 55.8 Å². The number of rotatable bonds is 3. The zero-order valence-electron chi connectivity index (χ0n) is 9.66. The summed E-state index contributed by atoms with van der Waals surface area (Å²) in [6.45, 7) is 6.83. The predicted octanol–water partition coefficient (Wildman–Crippen LogP) is 1.73. The van der Waals surface area contributed by atoms with E-state index in [2.05, 4.69) is 0 Å². The molecule has 1 aliphatic rings. The van der Waals surface area contributed by atoms with Gasteiger partial charge in [0.05, 0.1) is 11.7 Å². The Morgan fingerprint density at radius 2 is 2.00 bits per heavy atom. The number of carbonyl (C=O) groups excluding carboxylic acids is 1. The van der Waals surface area contributed by atoms with E-state index in [-0.39, 0.29) is 5.97 Å². The van der Waals surface area contributed by atoms with E-state index < -0.39 is 11.9 Å². The number of esters is 1. The van der Waals surface area contributed by atoms with Gasteiger partial charge in [-0.3, -0.25) is 0 Å². The lowest BCUT2D eigenvalue weighted by Gasteiger charge is -2.32. The van der Waals surface area contributed by atoms with Gasteiger partial charge in [-0.15, -0.1) is 0 Å². The second-order valence-corrected chi connectivity index (χ2v) is 4.31. The third-order valence-corrected chi connectivity index (χ3v) is 2.22. The van der Waals surface area contributed by atoms with E-state index in [0.717, 1.165) is 0 Å². The van der Waals surface area contributed by atoms with Crippen LogP contribution in [0.1, 0.15) is 40.5 Å². The van der Waals surface area contributed by atoms with Crippen molar-refractivity contribution in [2.24, 2.45) is 0 Å². The van der Waals surface area contributed by atoms with Gasteiger partial charge in [-0.1, -0.05) is 0 Å². The Morgan fingerprint density at radius 3 is 2.47 bits per heavy atom. The second-order valence-electron chi connectivity index (χ2n) is 4.31. The molecule has 0 saturated heterocycles. The molecule has 0 aromatic rings. The van der Waals surface area contributed by atoms with Gasteiger partial charge in [0.2, 0.25) is 5.79 Å². The molecule has 0 fully saturated rings. The van der Waals surface area contributed by atoms with Crippen LogP contribution in [0.3, 0.4) is 0 Å². The second kappa shape index (κ2) is 4.23. The summed E-state index contributed by atoms with van der Waals surface area (Å²) >= 11 is 0. The maximum Gasteiger partial charge on any atom is 0.340 e. The lowest BCUT2D eigenvalue weighted by molar-refractivity contribution is -0.207. The lowest BCUT2D eigenvalue weighted by Crippen LogP contribution is -2.36. The SMILES string of the molecule is CC1=C(CCC(C)O)C(=O)OC(C)(C)O1. The molecule has 1 heterocycles. The fourth-order valence-electron chi connectivity index (χ4n) is 1.51. The highest BCUT2D eigenvalue weighted by atomic mass is 16.7. The summed E-state index contributed by atoms with van der Waals surface area (Å²) in [5.41, 5.74) is 0.523. The average molecular weight is 214 g/mol. The molecule has 15 heavy (non-hydrogen) atoms. The van der Waals surface area contributed by atoms with Crippen molar-refractivity contribution in [3.8, 4) is 0 Å². The van der Waals surface area contributed by atoms with Crippen molar-refractivity contribution in [1.82, 2.24) is 0 Å². The van der Waals surface area contributed by atoms with Crippen molar-refractivity contribution in [2.75, 3.05) is 0 Å². The molecule has 1 atom stereocenters. The maximum absolute atomic E-state index is 11.6. The van der Waals surface area contributed by atoms with E-state index in [4.69, 9.17) is 14.6 Å².